The molecule has 0 saturated carbocycles. The van der Waals surface area contributed by atoms with E-state index in [9.17, 15) is 4.79 Å². The molecule has 2 rings (SSSR count). The normalized spacial score (nSPS) is 12.8. The Kier molecular flexibility index (Phi) is 7.89. The van der Waals surface area contributed by atoms with Crippen LogP contribution in [-0.4, -0.2) is 30.7 Å². The van der Waals surface area contributed by atoms with E-state index < -0.39 is 0 Å². The predicted molar refractivity (Wildman–Crippen MR) is 105 cm³/mol. The number of ether oxygens (including phenoxy) is 2. The molecular weight excluding hydrogens is 314 g/mol. The topological polar surface area (TPSA) is 40.5 Å². The molecular formula is C21H27NO3. The summed E-state index contributed by atoms with van der Waals surface area (Å²) in [6.45, 7) is 11.5. The Morgan fingerprint density at radius 3 is 2.48 bits per heavy atom. The molecule has 1 heterocycles. The molecule has 0 N–H and O–H groups in total. The lowest BCUT2D eigenvalue weighted by molar-refractivity contribution is 0.101. The van der Waals surface area contributed by atoms with Crippen molar-refractivity contribution >= 4 is 22.4 Å². The minimum absolute atomic E-state index is 0.0270. The highest BCUT2D eigenvalue weighted by atomic mass is 16.5. The van der Waals surface area contributed by atoms with Gasteiger partial charge in [-0.15, -0.1) is 13.2 Å². The zero-order chi connectivity index (χ0) is 19.0. The van der Waals surface area contributed by atoms with Crippen molar-refractivity contribution in [3.8, 4) is 5.75 Å². The van der Waals surface area contributed by atoms with E-state index in [0.29, 0.717) is 5.56 Å². The average molecular weight is 341 g/mol. The van der Waals surface area contributed by atoms with Gasteiger partial charge in [0, 0.05) is 30.0 Å². The van der Waals surface area contributed by atoms with Crippen LogP contribution in [-0.2, 0) is 4.74 Å². The third-order valence-corrected chi connectivity index (χ3v) is 3.87. The first-order valence-electron chi connectivity index (χ1n) is 8.09. The predicted octanol–water partition coefficient (Wildman–Crippen LogP) is 5.11. The van der Waals surface area contributed by atoms with Crippen molar-refractivity contribution in [2.45, 2.75) is 26.9 Å². The zero-order valence-electron chi connectivity index (χ0n) is 15.7. The van der Waals surface area contributed by atoms with Gasteiger partial charge in [-0.1, -0.05) is 12.2 Å². The number of benzene rings is 1. The van der Waals surface area contributed by atoms with E-state index in [1.165, 1.54) is 0 Å². The molecule has 0 amide bonds. The van der Waals surface area contributed by atoms with E-state index in [-0.39, 0.29) is 11.9 Å². The Bertz CT molecular complexity index is 784. The molecule has 4 nitrogen and oxygen atoms in total. The van der Waals surface area contributed by atoms with Crippen LogP contribution in [0.3, 0.4) is 0 Å². The molecule has 0 aliphatic heterocycles. The molecule has 4 heteroatoms. The lowest BCUT2D eigenvalue weighted by Crippen LogP contribution is -2.00. The van der Waals surface area contributed by atoms with Crippen LogP contribution in [0, 0.1) is 0 Å². The van der Waals surface area contributed by atoms with Crippen molar-refractivity contribution in [1.29, 1.82) is 0 Å². The van der Waals surface area contributed by atoms with E-state index in [1.54, 1.807) is 21.1 Å². The van der Waals surface area contributed by atoms with Crippen molar-refractivity contribution in [1.82, 2.24) is 4.57 Å². The SMILES string of the molecule is C/C=C(\C=C/C(C)OC)n1cc(C(C)=O)c2cc(OC)ccc21.C=C. The minimum Gasteiger partial charge on any atom is -0.497 e. The second-order valence-corrected chi connectivity index (χ2v) is 5.37. The number of methoxy groups -OCH3 is 2. The summed E-state index contributed by atoms with van der Waals surface area (Å²) in [7, 11) is 3.30. The number of carbonyl (C=O) groups excluding carboxylic acids is 1. The molecule has 1 aromatic heterocycles. The maximum Gasteiger partial charge on any atom is 0.161 e. The molecule has 0 fully saturated rings. The van der Waals surface area contributed by atoms with Crippen molar-refractivity contribution in [2.24, 2.45) is 0 Å². The summed E-state index contributed by atoms with van der Waals surface area (Å²) >= 11 is 0. The number of allylic oxidation sites excluding steroid dienone is 3. The lowest BCUT2D eigenvalue weighted by Gasteiger charge is -2.08. The van der Waals surface area contributed by atoms with Crippen LogP contribution < -0.4 is 4.74 Å². The molecule has 0 bridgehead atoms. The molecule has 0 aliphatic carbocycles. The average Bonchev–Trinajstić information content (AvgIpc) is 3.02. The molecule has 134 valence electrons. The molecule has 25 heavy (non-hydrogen) atoms. The van der Waals surface area contributed by atoms with Crippen LogP contribution in [0.2, 0.25) is 0 Å². The Morgan fingerprint density at radius 1 is 1.28 bits per heavy atom. The number of hydrogen-bond donors (Lipinski definition) is 0. The molecule has 1 aromatic carbocycles. The number of fused-ring (bicyclic) bond motifs is 1. The van der Waals surface area contributed by atoms with Gasteiger partial charge < -0.3 is 14.0 Å². The largest absolute Gasteiger partial charge is 0.497 e. The number of carbonyl (C=O) groups is 1. The fraction of sp³-hybridized carbons (Fsp3) is 0.286. The molecule has 1 unspecified atom stereocenters. The number of ketones is 1. The summed E-state index contributed by atoms with van der Waals surface area (Å²) in [6, 6.07) is 5.77. The van der Waals surface area contributed by atoms with Crippen molar-refractivity contribution < 1.29 is 14.3 Å². The summed E-state index contributed by atoms with van der Waals surface area (Å²) in [5.74, 6) is 0.773. The van der Waals surface area contributed by atoms with Gasteiger partial charge in [-0.05, 0) is 45.0 Å². The van der Waals surface area contributed by atoms with Gasteiger partial charge in [0.05, 0.1) is 18.7 Å². The van der Waals surface area contributed by atoms with Gasteiger partial charge in [0.1, 0.15) is 5.75 Å². The maximum absolute atomic E-state index is 12.0. The Labute approximate surface area is 150 Å². The van der Waals surface area contributed by atoms with Gasteiger partial charge in [-0.25, -0.2) is 0 Å². The highest BCUT2D eigenvalue weighted by molar-refractivity contribution is 6.08. The molecule has 0 radical (unpaired) electrons. The van der Waals surface area contributed by atoms with E-state index in [0.717, 1.165) is 22.3 Å². The molecule has 0 spiro atoms. The summed E-state index contributed by atoms with van der Waals surface area (Å²) < 4.78 is 12.5. The molecule has 2 aromatic rings. The quantitative estimate of drug-likeness (QED) is 0.416. The summed E-state index contributed by atoms with van der Waals surface area (Å²) in [5.41, 5.74) is 2.64. The monoisotopic (exact) mass is 341 g/mol. The first-order valence-corrected chi connectivity index (χ1v) is 8.09. The van der Waals surface area contributed by atoms with Gasteiger partial charge in [0.2, 0.25) is 0 Å². The fourth-order valence-electron chi connectivity index (χ4n) is 2.46. The molecule has 1 atom stereocenters. The second-order valence-electron chi connectivity index (χ2n) is 5.37. The first kappa shape index (κ1) is 20.5. The van der Waals surface area contributed by atoms with Crippen LogP contribution in [0.25, 0.3) is 16.6 Å². The van der Waals surface area contributed by atoms with Gasteiger partial charge in [-0.3, -0.25) is 4.79 Å². The Morgan fingerprint density at radius 2 is 1.96 bits per heavy atom. The Hall–Kier alpha value is -2.59. The molecule has 0 aliphatic rings. The van der Waals surface area contributed by atoms with Crippen LogP contribution in [0.4, 0.5) is 0 Å². The van der Waals surface area contributed by atoms with Crippen molar-refractivity contribution in [3.63, 3.8) is 0 Å². The van der Waals surface area contributed by atoms with Crippen LogP contribution >= 0.6 is 0 Å². The number of hydrogen-bond acceptors (Lipinski definition) is 3. The minimum atomic E-state index is 0.0270. The number of aromatic nitrogens is 1. The maximum atomic E-state index is 12.0. The lowest BCUT2D eigenvalue weighted by atomic mass is 10.1. The van der Waals surface area contributed by atoms with Crippen LogP contribution in [0.1, 0.15) is 31.1 Å². The van der Waals surface area contributed by atoms with Gasteiger partial charge in [0.15, 0.2) is 5.78 Å². The number of rotatable bonds is 6. The summed E-state index contributed by atoms with van der Waals surface area (Å²) in [6.07, 6.45) is 7.90. The van der Waals surface area contributed by atoms with Crippen molar-refractivity contribution in [2.75, 3.05) is 14.2 Å². The molecule has 0 saturated heterocycles. The summed E-state index contributed by atoms with van der Waals surface area (Å²) in [5, 5.41) is 0.893. The van der Waals surface area contributed by atoms with Gasteiger partial charge in [0.25, 0.3) is 0 Å². The van der Waals surface area contributed by atoms with Gasteiger partial charge >= 0.3 is 0 Å². The number of nitrogens with zero attached hydrogens (tertiary/aromatic N) is 1. The summed E-state index contributed by atoms with van der Waals surface area (Å²) in [4.78, 5) is 12.0. The standard InChI is InChI=1S/C19H23NO3.C2H4/c1-6-15(8-7-13(2)22-4)20-12-18(14(3)21)17-11-16(23-5)9-10-19(17)20;1-2/h6-13H,1-5H3;1-2H2/b8-7-,15-6+;. The first-order chi connectivity index (χ1) is 12.0. The fourth-order valence-corrected chi connectivity index (χ4v) is 2.46. The van der Waals surface area contributed by atoms with E-state index in [4.69, 9.17) is 9.47 Å². The van der Waals surface area contributed by atoms with Crippen LogP contribution in [0.15, 0.2) is 55.8 Å². The van der Waals surface area contributed by atoms with E-state index >= 15 is 0 Å². The van der Waals surface area contributed by atoms with Crippen LogP contribution in [0.5, 0.6) is 5.75 Å². The number of Topliss-reactive ketones (excluding diaryl/α,β-unsaturated/α-hetero) is 1. The Balaban J connectivity index is 0.00000151. The van der Waals surface area contributed by atoms with Crippen molar-refractivity contribution in [3.05, 3.63) is 61.3 Å². The highest BCUT2D eigenvalue weighted by Crippen LogP contribution is 2.29. The highest BCUT2D eigenvalue weighted by Gasteiger charge is 2.14. The van der Waals surface area contributed by atoms with E-state index in [2.05, 4.69) is 13.2 Å². The van der Waals surface area contributed by atoms with Gasteiger partial charge in [-0.2, -0.15) is 0 Å². The third-order valence-electron chi connectivity index (χ3n) is 3.87. The smallest absolute Gasteiger partial charge is 0.161 e. The zero-order valence-corrected chi connectivity index (χ0v) is 15.7. The second kappa shape index (κ2) is 9.64. The van der Waals surface area contributed by atoms with E-state index in [1.807, 2.05) is 61.0 Å². The third kappa shape index (κ3) is 4.70.